The maximum atomic E-state index is 12.9. The monoisotopic (exact) mass is 384 g/mol. The van der Waals surface area contributed by atoms with Crippen LogP contribution in [0.1, 0.15) is 54.6 Å². The lowest BCUT2D eigenvalue weighted by Crippen LogP contribution is -2.52. The molecule has 0 aromatic heterocycles. The first kappa shape index (κ1) is 19.1. The molecule has 3 amide bonds. The number of amides is 3. The quantitative estimate of drug-likeness (QED) is 0.761. The van der Waals surface area contributed by atoms with E-state index in [1.807, 2.05) is 12.1 Å². The number of benzene rings is 1. The molecular formula is C21H28N4O3. The molecule has 0 aliphatic carbocycles. The molecule has 2 N–H and O–H groups in total. The molecule has 1 aromatic rings. The highest BCUT2D eigenvalue weighted by molar-refractivity contribution is 6.05. The van der Waals surface area contributed by atoms with Crippen molar-refractivity contribution in [1.82, 2.24) is 20.4 Å². The van der Waals surface area contributed by atoms with Crippen molar-refractivity contribution in [2.24, 2.45) is 0 Å². The van der Waals surface area contributed by atoms with Crippen LogP contribution in [0.15, 0.2) is 18.2 Å². The number of carbonyl (C=O) groups excluding carboxylic acids is 3. The highest BCUT2D eigenvalue weighted by Crippen LogP contribution is 2.28. The molecule has 0 bridgehead atoms. The van der Waals surface area contributed by atoms with Crippen LogP contribution in [-0.2, 0) is 22.7 Å². The third-order valence-electron chi connectivity index (χ3n) is 6.08. The lowest BCUT2D eigenvalue weighted by molar-refractivity contribution is -0.136. The van der Waals surface area contributed by atoms with Gasteiger partial charge >= 0.3 is 0 Å². The van der Waals surface area contributed by atoms with Crippen molar-refractivity contribution in [3.05, 3.63) is 34.9 Å². The van der Waals surface area contributed by atoms with E-state index < -0.39 is 6.04 Å². The first-order chi connectivity index (χ1) is 13.3. The van der Waals surface area contributed by atoms with E-state index in [2.05, 4.69) is 35.4 Å². The third kappa shape index (κ3) is 3.82. The van der Waals surface area contributed by atoms with Gasteiger partial charge < -0.3 is 10.2 Å². The van der Waals surface area contributed by atoms with Crippen LogP contribution in [0.3, 0.4) is 0 Å². The topological polar surface area (TPSA) is 81.8 Å². The number of imide groups is 1. The summed E-state index contributed by atoms with van der Waals surface area (Å²) in [6.45, 7) is 8.67. The predicted molar refractivity (Wildman–Crippen MR) is 104 cm³/mol. The Morgan fingerprint density at radius 3 is 2.79 bits per heavy atom. The van der Waals surface area contributed by atoms with E-state index in [1.54, 1.807) is 4.90 Å². The maximum Gasteiger partial charge on any atom is 0.255 e. The van der Waals surface area contributed by atoms with E-state index in [1.165, 1.54) is 0 Å². The second-order valence-corrected chi connectivity index (χ2v) is 8.73. The molecule has 2 saturated heterocycles. The molecule has 3 heterocycles. The largest absolute Gasteiger partial charge is 0.322 e. The van der Waals surface area contributed by atoms with Gasteiger partial charge in [-0.15, -0.1) is 0 Å². The minimum atomic E-state index is -0.556. The molecule has 0 saturated carbocycles. The predicted octanol–water partition coefficient (Wildman–Crippen LogP) is 1.02. The van der Waals surface area contributed by atoms with Crippen LogP contribution in [0.5, 0.6) is 0 Å². The van der Waals surface area contributed by atoms with Gasteiger partial charge in [-0.05, 0) is 43.9 Å². The van der Waals surface area contributed by atoms with Crippen molar-refractivity contribution in [1.29, 1.82) is 0 Å². The van der Waals surface area contributed by atoms with Crippen molar-refractivity contribution in [3.8, 4) is 0 Å². The molecule has 7 heteroatoms. The minimum absolute atomic E-state index is 0.106. The zero-order valence-corrected chi connectivity index (χ0v) is 16.6. The van der Waals surface area contributed by atoms with Crippen LogP contribution in [-0.4, -0.2) is 58.7 Å². The van der Waals surface area contributed by atoms with Crippen LogP contribution in [0.4, 0.5) is 0 Å². The van der Waals surface area contributed by atoms with Gasteiger partial charge in [0.25, 0.3) is 5.91 Å². The van der Waals surface area contributed by atoms with Gasteiger partial charge in [-0.2, -0.15) is 0 Å². The Morgan fingerprint density at radius 2 is 2.00 bits per heavy atom. The van der Waals surface area contributed by atoms with E-state index in [0.717, 1.165) is 43.7 Å². The van der Waals surface area contributed by atoms with E-state index in [-0.39, 0.29) is 29.7 Å². The number of nitrogens with zero attached hydrogens (tertiary/aromatic N) is 2. The van der Waals surface area contributed by atoms with Crippen molar-refractivity contribution >= 4 is 17.7 Å². The number of rotatable bonds is 3. The minimum Gasteiger partial charge on any atom is -0.322 e. The highest BCUT2D eigenvalue weighted by Gasteiger charge is 2.39. The second-order valence-electron chi connectivity index (χ2n) is 8.73. The lowest BCUT2D eigenvalue weighted by Gasteiger charge is -2.29. The summed E-state index contributed by atoms with van der Waals surface area (Å²) in [4.78, 5) is 40.5. The molecule has 7 nitrogen and oxygen atoms in total. The van der Waals surface area contributed by atoms with Crippen LogP contribution in [0.25, 0.3) is 0 Å². The van der Waals surface area contributed by atoms with Crippen LogP contribution in [0.2, 0.25) is 0 Å². The summed E-state index contributed by atoms with van der Waals surface area (Å²) < 4.78 is 0. The fourth-order valence-corrected chi connectivity index (χ4v) is 4.31. The Labute approximate surface area is 165 Å². The second kappa shape index (κ2) is 7.29. The summed E-state index contributed by atoms with van der Waals surface area (Å²) in [7, 11) is 0. The summed E-state index contributed by atoms with van der Waals surface area (Å²) in [6.07, 6.45) is 1.76. The van der Waals surface area contributed by atoms with Gasteiger partial charge in [-0.3, -0.25) is 24.6 Å². The fourth-order valence-electron chi connectivity index (χ4n) is 4.31. The van der Waals surface area contributed by atoms with Gasteiger partial charge in [0.15, 0.2) is 0 Å². The maximum absolute atomic E-state index is 12.9. The third-order valence-corrected chi connectivity index (χ3v) is 6.08. The fraction of sp³-hybridized carbons (Fsp3) is 0.571. The van der Waals surface area contributed by atoms with Crippen LogP contribution < -0.4 is 10.6 Å². The molecule has 0 radical (unpaired) electrons. The summed E-state index contributed by atoms with van der Waals surface area (Å²) >= 11 is 0. The number of nitrogens with one attached hydrogen (secondary N) is 2. The molecular weight excluding hydrogens is 356 g/mol. The normalized spacial score (nSPS) is 25.4. The average Bonchev–Trinajstić information content (AvgIpc) is 2.85. The van der Waals surface area contributed by atoms with Gasteiger partial charge in [0, 0.05) is 50.2 Å². The van der Waals surface area contributed by atoms with Gasteiger partial charge in [0.05, 0.1) is 0 Å². The molecule has 0 spiro atoms. The van der Waals surface area contributed by atoms with Gasteiger partial charge in [0.1, 0.15) is 6.04 Å². The summed E-state index contributed by atoms with van der Waals surface area (Å²) in [5.74, 6) is -0.731. The molecule has 2 fully saturated rings. The zero-order chi connectivity index (χ0) is 19.9. The van der Waals surface area contributed by atoms with Gasteiger partial charge in [0.2, 0.25) is 11.8 Å². The number of carbonyl (C=O) groups is 3. The van der Waals surface area contributed by atoms with Crippen LogP contribution in [0, 0.1) is 0 Å². The standard InChI is InChI=1S/C21H28N4O3/c1-21(2)7-9-24(10-8-22-21)12-14-3-4-15-13-25(20(28)16(15)11-14)17-5-6-18(26)23-19(17)27/h3-4,11,17,22H,5-10,12-13H2,1-2H3,(H,23,26,27). The van der Waals surface area contributed by atoms with E-state index in [0.29, 0.717) is 18.5 Å². The van der Waals surface area contributed by atoms with E-state index in [4.69, 9.17) is 0 Å². The first-order valence-electron chi connectivity index (χ1n) is 10.1. The van der Waals surface area contributed by atoms with Gasteiger partial charge in [-0.25, -0.2) is 0 Å². The smallest absolute Gasteiger partial charge is 0.255 e. The average molecular weight is 384 g/mol. The lowest BCUT2D eigenvalue weighted by atomic mass is 10.0. The summed E-state index contributed by atoms with van der Waals surface area (Å²) in [5, 5.41) is 5.92. The SMILES string of the molecule is CC1(C)CCN(Cc2ccc3c(c2)C(=O)N(C2CCC(=O)NC2=O)C3)CCN1. The highest BCUT2D eigenvalue weighted by atomic mass is 16.2. The van der Waals surface area contributed by atoms with E-state index >= 15 is 0 Å². The van der Waals surface area contributed by atoms with E-state index in [9.17, 15) is 14.4 Å². The Hall–Kier alpha value is -2.25. The van der Waals surface area contributed by atoms with Crippen molar-refractivity contribution in [3.63, 3.8) is 0 Å². The molecule has 1 unspecified atom stereocenters. The Morgan fingerprint density at radius 1 is 1.18 bits per heavy atom. The Bertz CT molecular complexity index is 820. The van der Waals surface area contributed by atoms with Gasteiger partial charge in [-0.1, -0.05) is 12.1 Å². The number of piperidine rings is 1. The molecule has 1 aromatic carbocycles. The van der Waals surface area contributed by atoms with Crippen LogP contribution >= 0.6 is 0 Å². The van der Waals surface area contributed by atoms with Crippen molar-refractivity contribution < 1.29 is 14.4 Å². The Balaban J connectivity index is 1.46. The summed E-state index contributed by atoms with van der Waals surface area (Å²) in [6, 6.07) is 5.52. The zero-order valence-electron chi connectivity index (χ0n) is 16.6. The first-order valence-corrected chi connectivity index (χ1v) is 10.1. The van der Waals surface area contributed by atoms with Crippen molar-refractivity contribution in [2.75, 3.05) is 19.6 Å². The molecule has 28 heavy (non-hydrogen) atoms. The number of hydrogen-bond acceptors (Lipinski definition) is 5. The summed E-state index contributed by atoms with van der Waals surface area (Å²) in [5.41, 5.74) is 2.93. The molecule has 4 rings (SSSR count). The molecule has 150 valence electrons. The van der Waals surface area contributed by atoms with Crippen molar-refractivity contribution in [2.45, 2.75) is 57.8 Å². The Kier molecular flexibility index (Phi) is 4.97. The number of hydrogen-bond donors (Lipinski definition) is 2. The number of fused-ring (bicyclic) bond motifs is 1. The molecule has 1 atom stereocenters. The molecule has 3 aliphatic heterocycles. The molecule has 3 aliphatic rings.